The second kappa shape index (κ2) is 4.04. The summed E-state index contributed by atoms with van der Waals surface area (Å²) in [6.07, 6.45) is 0. The normalized spacial score (nSPS) is 9.14. The third-order valence-electron chi connectivity index (χ3n) is 0. The average Bonchev–Trinajstić information content (AvgIpc) is 1.36. The summed E-state index contributed by atoms with van der Waals surface area (Å²) in [6, 6.07) is 0. The lowest BCUT2D eigenvalue weighted by Crippen LogP contribution is -1.91. The summed E-state index contributed by atoms with van der Waals surface area (Å²) in [7, 11) is -5.17. The standard InChI is InChI=1S/C2H6.H2O4S/c1-2;1-5(2,3)4/h1-2H3;(H2,1,2,3,4)/p-2. The van der Waals surface area contributed by atoms with Crippen molar-refractivity contribution in [1.29, 1.82) is 0 Å². The summed E-state index contributed by atoms with van der Waals surface area (Å²) in [5, 5.41) is 0. The van der Waals surface area contributed by atoms with Crippen LogP contribution in [0.5, 0.6) is 0 Å². The molecule has 4 nitrogen and oxygen atoms in total. The highest BCUT2D eigenvalue weighted by atomic mass is 32.3. The quantitative estimate of drug-likeness (QED) is 0.329. The van der Waals surface area contributed by atoms with Crippen LogP contribution in [0.3, 0.4) is 0 Å². The summed E-state index contributed by atoms with van der Waals surface area (Å²) in [5.41, 5.74) is 0. The first-order valence-electron chi connectivity index (χ1n) is 1.67. The van der Waals surface area contributed by atoms with Gasteiger partial charge in [-0.1, -0.05) is 13.8 Å². The van der Waals surface area contributed by atoms with Crippen LogP contribution in [0, 0.1) is 0 Å². The van der Waals surface area contributed by atoms with Crippen molar-refractivity contribution in [1.82, 2.24) is 0 Å². The number of hydrogen-bond acceptors (Lipinski definition) is 4. The van der Waals surface area contributed by atoms with Crippen LogP contribution >= 0.6 is 0 Å². The third-order valence-corrected chi connectivity index (χ3v) is 0. The van der Waals surface area contributed by atoms with Crippen molar-refractivity contribution >= 4 is 10.4 Å². The van der Waals surface area contributed by atoms with Gasteiger partial charge in [-0.2, -0.15) is 0 Å². The average molecular weight is 126 g/mol. The maximum Gasteiger partial charge on any atom is 0.0311 e. The van der Waals surface area contributed by atoms with Gasteiger partial charge in [0, 0.05) is 10.4 Å². The van der Waals surface area contributed by atoms with E-state index in [1.54, 1.807) is 0 Å². The zero-order valence-corrected chi connectivity index (χ0v) is 4.86. The highest BCUT2D eigenvalue weighted by molar-refractivity contribution is 7.79. The Morgan fingerprint density at radius 2 is 1.14 bits per heavy atom. The van der Waals surface area contributed by atoms with Crippen molar-refractivity contribution in [3.05, 3.63) is 0 Å². The zero-order valence-electron chi connectivity index (χ0n) is 4.04. The van der Waals surface area contributed by atoms with Crippen LogP contribution in [0.4, 0.5) is 0 Å². The van der Waals surface area contributed by atoms with Crippen molar-refractivity contribution in [2.45, 2.75) is 13.8 Å². The molecular weight excluding hydrogens is 120 g/mol. The van der Waals surface area contributed by atoms with Crippen LogP contribution in [0.15, 0.2) is 0 Å². The molecule has 0 fully saturated rings. The molecule has 0 amide bonds. The van der Waals surface area contributed by atoms with Gasteiger partial charge in [-0.15, -0.1) is 0 Å². The Kier molecular flexibility index (Phi) is 5.76. The molecule has 5 heteroatoms. The van der Waals surface area contributed by atoms with E-state index in [-0.39, 0.29) is 0 Å². The van der Waals surface area contributed by atoms with E-state index in [9.17, 15) is 0 Å². The first-order chi connectivity index (χ1) is 3.00. The van der Waals surface area contributed by atoms with Gasteiger partial charge in [0.25, 0.3) is 0 Å². The highest BCUT2D eigenvalue weighted by Crippen LogP contribution is 1.57. The van der Waals surface area contributed by atoms with Crippen LogP contribution in [-0.4, -0.2) is 17.5 Å². The van der Waals surface area contributed by atoms with Gasteiger partial charge in [0.1, 0.15) is 0 Å². The van der Waals surface area contributed by atoms with E-state index < -0.39 is 10.4 Å². The molecule has 0 aromatic rings. The van der Waals surface area contributed by atoms with Gasteiger partial charge < -0.3 is 9.11 Å². The minimum Gasteiger partial charge on any atom is -0.759 e. The lowest BCUT2D eigenvalue weighted by molar-refractivity contribution is 0.352. The number of hydrogen-bond donors (Lipinski definition) is 0. The fraction of sp³-hybridized carbons (Fsp3) is 1.00. The van der Waals surface area contributed by atoms with E-state index in [2.05, 4.69) is 0 Å². The maximum absolute atomic E-state index is 8.52. The molecule has 0 bridgehead atoms. The number of rotatable bonds is 0. The Hall–Kier alpha value is -0.130. The maximum atomic E-state index is 8.52. The van der Waals surface area contributed by atoms with Gasteiger partial charge in [-0.05, 0) is 0 Å². The Bertz CT molecular complexity index is 92.9. The Morgan fingerprint density at radius 1 is 1.14 bits per heavy atom. The fourth-order valence-corrected chi connectivity index (χ4v) is 0. The lowest BCUT2D eigenvalue weighted by Gasteiger charge is -2.06. The van der Waals surface area contributed by atoms with Gasteiger partial charge in [0.2, 0.25) is 0 Å². The third kappa shape index (κ3) is 5200. The second-order valence-corrected chi connectivity index (χ2v) is 1.22. The summed E-state index contributed by atoms with van der Waals surface area (Å²) < 4.78 is 34.1. The largest absolute Gasteiger partial charge is 0.759 e. The Balaban J connectivity index is 0. The van der Waals surface area contributed by atoms with E-state index in [1.165, 1.54) is 0 Å². The molecular formula is C2H6O4S-2. The lowest BCUT2D eigenvalue weighted by atomic mass is 11.0. The minimum absolute atomic E-state index is 2.00. The van der Waals surface area contributed by atoms with Crippen molar-refractivity contribution in [2.75, 3.05) is 0 Å². The molecule has 0 aromatic heterocycles. The molecule has 0 aliphatic carbocycles. The fourth-order valence-electron chi connectivity index (χ4n) is 0. The SMILES string of the molecule is CC.O=S(=O)([O-])[O-]. The molecule has 0 spiro atoms. The van der Waals surface area contributed by atoms with Gasteiger partial charge in [-0.3, -0.25) is 8.42 Å². The predicted molar refractivity (Wildman–Crippen MR) is 21.8 cm³/mol. The van der Waals surface area contributed by atoms with E-state index in [1.807, 2.05) is 13.8 Å². The van der Waals surface area contributed by atoms with Crippen LogP contribution in [0.2, 0.25) is 0 Å². The summed E-state index contributed by atoms with van der Waals surface area (Å²) >= 11 is 0. The van der Waals surface area contributed by atoms with Crippen molar-refractivity contribution < 1.29 is 17.5 Å². The molecule has 46 valence electrons. The van der Waals surface area contributed by atoms with Crippen molar-refractivity contribution in [2.24, 2.45) is 0 Å². The van der Waals surface area contributed by atoms with E-state index in [0.717, 1.165) is 0 Å². The molecule has 0 saturated heterocycles. The van der Waals surface area contributed by atoms with Crippen molar-refractivity contribution in [3.8, 4) is 0 Å². The topological polar surface area (TPSA) is 80.3 Å². The monoisotopic (exact) mass is 126 g/mol. The smallest absolute Gasteiger partial charge is 0.0311 e. The van der Waals surface area contributed by atoms with Crippen LogP contribution in [0.1, 0.15) is 13.8 Å². The predicted octanol–water partition coefficient (Wildman–Crippen LogP) is -0.312. The van der Waals surface area contributed by atoms with E-state index in [4.69, 9.17) is 17.5 Å². The molecule has 7 heavy (non-hydrogen) atoms. The Morgan fingerprint density at radius 3 is 1.14 bits per heavy atom. The van der Waals surface area contributed by atoms with Crippen molar-refractivity contribution in [3.63, 3.8) is 0 Å². The van der Waals surface area contributed by atoms with Gasteiger partial charge in [-0.25, -0.2) is 0 Å². The summed E-state index contributed by atoms with van der Waals surface area (Å²) in [4.78, 5) is 0. The molecule has 0 unspecified atom stereocenters. The molecule has 0 rings (SSSR count). The van der Waals surface area contributed by atoms with Crippen LogP contribution in [0.25, 0.3) is 0 Å². The van der Waals surface area contributed by atoms with E-state index in [0.29, 0.717) is 0 Å². The highest BCUT2D eigenvalue weighted by Gasteiger charge is 1.49. The molecule has 0 aliphatic rings. The first-order valence-corrected chi connectivity index (χ1v) is 3.00. The molecule has 0 atom stereocenters. The molecule has 0 aliphatic heterocycles. The van der Waals surface area contributed by atoms with E-state index >= 15 is 0 Å². The summed E-state index contributed by atoms with van der Waals surface area (Å²) in [6.45, 7) is 4.00. The zero-order chi connectivity index (χ0) is 6.50. The molecule has 0 aromatic carbocycles. The summed E-state index contributed by atoms with van der Waals surface area (Å²) in [5.74, 6) is 0. The molecule has 0 radical (unpaired) electrons. The molecule has 0 heterocycles. The second-order valence-electron chi connectivity index (χ2n) is 0.408. The molecule has 0 saturated carbocycles. The first kappa shape index (κ1) is 9.98. The minimum atomic E-state index is -5.17. The van der Waals surface area contributed by atoms with Gasteiger partial charge >= 0.3 is 0 Å². The Labute approximate surface area is 42.7 Å². The van der Waals surface area contributed by atoms with Crippen LogP contribution in [-0.2, 0) is 10.4 Å². The van der Waals surface area contributed by atoms with Gasteiger partial charge in [0.05, 0.1) is 0 Å². The van der Waals surface area contributed by atoms with Crippen LogP contribution < -0.4 is 0 Å². The van der Waals surface area contributed by atoms with Gasteiger partial charge in [0.15, 0.2) is 0 Å². The molecule has 0 N–H and O–H groups in total.